The van der Waals surface area contributed by atoms with Crippen LogP contribution in [0.2, 0.25) is 0 Å². The minimum atomic E-state index is -0.983. The summed E-state index contributed by atoms with van der Waals surface area (Å²) in [7, 11) is 0. The van der Waals surface area contributed by atoms with E-state index in [1.807, 2.05) is 0 Å². The molecule has 0 unspecified atom stereocenters. The highest BCUT2D eigenvalue weighted by molar-refractivity contribution is 5.77. The van der Waals surface area contributed by atoms with E-state index in [9.17, 15) is 23.9 Å². The fraction of sp³-hybridized carbons (Fsp3) is 0.333. The molecular formula is C24H25F2N3O4. The van der Waals surface area contributed by atoms with Crippen LogP contribution in [0.3, 0.4) is 0 Å². The molecule has 1 saturated heterocycles. The Balaban J connectivity index is 1.65. The predicted octanol–water partition coefficient (Wildman–Crippen LogP) is 4.79. The van der Waals surface area contributed by atoms with Crippen LogP contribution in [0.4, 0.5) is 13.6 Å². The van der Waals surface area contributed by atoms with Gasteiger partial charge in [-0.25, -0.2) is 23.6 Å². The summed E-state index contributed by atoms with van der Waals surface area (Å²) in [4.78, 5) is 18.5. The number of carbonyl (C=O) groups excluding carboxylic acids is 1. The Morgan fingerprint density at radius 2 is 1.79 bits per heavy atom. The number of hydroxylamine groups is 2. The van der Waals surface area contributed by atoms with Gasteiger partial charge in [-0.2, -0.15) is 0 Å². The van der Waals surface area contributed by atoms with Gasteiger partial charge in [0.2, 0.25) is 0 Å². The van der Waals surface area contributed by atoms with Crippen LogP contribution in [0, 0.1) is 11.6 Å². The number of rotatable bonds is 5. The van der Waals surface area contributed by atoms with Crippen molar-refractivity contribution in [2.24, 2.45) is 0 Å². The summed E-state index contributed by atoms with van der Waals surface area (Å²) in [6.07, 6.45) is 1.17. The molecule has 0 atom stereocenters. The smallest absolute Gasteiger partial charge is 0.343 e. The van der Waals surface area contributed by atoms with Crippen molar-refractivity contribution in [1.82, 2.24) is 14.9 Å². The number of hydrogen-bond donors (Lipinski definition) is 2. The zero-order valence-corrected chi connectivity index (χ0v) is 18.2. The number of hydrogen-bond acceptors (Lipinski definition) is 5. The van der Waals surface area contributed by atoms with E-state index in [0.717, 1.165) is 17.7 Å². The molecule has 1 aromatic heterocycles. The van der Waals surface area contributed by atoms with Gasteiger partial charge in [0.1, 0.15) is 5.69 Å². The van der Waals surface area contributed by atoms with Crippen LogP contribution in [0.25, 0.3) is 22.6 Å². The number of halogens is 2. The number of carbonyl (C=O) groups is 1. The van der Waals surface area contributed by atoms with Crippen LogP contribution < -0.4 is 0 Å². The molecule has 0 saturated carbocycles. The average molecular weight is 457 g/mol. The SMILES string of the molecule is CCN(O)C(=O)N1CCC(c2nc(-c3ccc(CO)cc3)c(-c3ccc(F)c(F)c3)o2)CC1. The van der Waals surface area contributed by atoms with Crippen molar-refractivity contribution in [2.75, 3.05) is 19.6 Å². The molecule has 33 heavy (non-hydrogen) atoms. The molecule has 0 bridgehead atoms. The molecule has 2 amide bonds. The quantitative estimate of drug-likeness (QED) is 0.425. The Hall–Kier alpha value is -3.30. The standard InChI is InChI=1S/C24H25F2N3O4/c1-2-29(32)24(31)28-11-9-17(10-12-28)23-27-21(16-5-3-15(14-30)4-6-16)22(33-23)18-7-8-19(25)20(26)13-18/h3-8,13,17,30,32H,2,9-12,14H2,1H3. The second-order valence-electron chi connectivity index (χ2n) is 7.97. The Morgan fingerprint density at radius 3 is 2.39 bits per heavy atom. The number of piperidine rings is 1. The van der Waals surface area contributed by atoms with Crippen molar-refractivity contribution in [2.45, 2.75) is 32.3 Å². The zero-order valence-electron chi connectivity index (χ0n) is 18.2. The van der Waals surface area contributed by atoms with Gasteiger partial charge in [-0.05, 0) is 43.5 Å². The molecule has 1 fully saturated rings. The summed E-state index contributed by atoms with van der Waals surface area (Å²) in [6.45, 7) is 2.66. The molecular weight excluding hydrogens is 432 g/mol. The first-order chi connectivity index (χ1) is 15.9. The first-order valence-electron chi connectivity index (χ1n) is 10.8. The molecule has 1 aliphatic heterocycles. The number of amides is 2. The highest BCUT2D eigenvalue weighted by atomic mass is 19.2. The van der Waals surface area contributed by atoms with Crippen LogP contribution in [-0.4, -0.2) is 50.9 Å². The van der Waals surface area contributed by atoms with E-state index >= 15 is 0 Å². The largest absolute Gasteiger partial charge is 0.440 e. The number of aliphatic hydroxyl groups excluding tert-OH is 1. The van der Waals surface area contributed by atoms with E-state index in [4.69, 9.17) is 9.40 Å². The molecule has 2 N–H and O–H groups in total. The number of likely N-dealkylation sites (tertiary alicyclic amines) is 1. The topological polar surface area (TPSA) is 90.0 Å². The number of urea groups is 1. The van der Waals surface area contributed by atoms with Gasteiger partial charge in [-0.3, -0.25) is 5.21 Å². The van der Waals surface area contributed by atoms with E-state index in [1.54, 1.807) is 36.1 Å². The third-order valence-electron chi connectivity index (χ3n) is 5.87. The summed E-state index contributed by atoms with van der Waals surface area (Å²) in [5, 5.41) is 19.7. The van der Waals surface area contributed by atoms with Gasteiger partial charge in [0.05, 0.1) is 6.61 Å². The second kappa shape index (κ2) is 9.68. The minimum Gasteiger partial charge on any atom is -0.440 e. The summed E-state index contributed by atoms with van der Waals surface area (Å²) in [5.41, 5.74) is 2.30. The Labute approximate surface area is 189 Å². The summed E-state index contributed by atoms with van der Waals surface area (Å²) < 4.78 is 33.5. The summed E-state index contributed by atoms with van der Waals surface area (Å²) in [5.74, 6) is -1.22. The minimum absolute atomic E-state index is 0.0719. The third-order valence-corrected chi connectivity index (χ3v) is 5.87. The maximum Gasteiger partial charge on any atom is 0.343 e. The van der Waals surface area contributed by atoms with Crippen molar-refractivity contribution < 1.29 is 28.3 Å². The molecule has 2 aromatic carbocycles. The first-order valence-corrected chi connectivity index (χ1v) is 10.8. The lowest BCUT2D eigenvalue weighted by molar-refractivity contribution is -0.0543. The molecule has 3 aromatic rings. The zero-order chi connectivity index (χ0) is 23.5. The molecule has 0 aliphatic carbocycles. The fourth-order valence-electron chi connectivity index (χ4n) is 3.92. The van der Waals surface area contributed by atoms with Crippen molar-refractivity contribution in [3.63, 3.8) is 0 Å². The number of benzene rings is 2. The number of nitrogens with zero attached hydrogens (tertiary/aromatic N) is 3. The molecule has 4 rings (SSSR count). The number of aromatic nitrogens is 1. The fourth-order valence-corrected chi connectivity index (χ4v) is 3.92. The Kier molecular flexibility index (Phi) is 6.71. The van der Waals surface area contributed by atoms with Gasteiger partial charge < -0.3 is 14.4 Å². The van der Waals surface area contributed by atoms with Crippen LogP contribution in [0.1, 0.15) is 37.1 Å². The van der Waals surface area contributed by atoms with E-state index in [2.05, 4.69) is 0 Å². The maximum atomic E-state index is 13.9. The van der Waals surface area contributed by atoms with Gasteiger partial charge in [0.25, 0.3) is 0 Å². The summed E-state index contributed by atoms with van der Waals surface area (Å²) in [6, 6.07) is 10.2. The van der Waals surface area contributed by atoms with E-state index in [-0.39, 0.29) is 19.1 Å². The van der Waals surface area contributed by atoms with Gasteiger partial charge >= 0.3 is 6.03 Å². The molecule has 2 heterocycles. The van der Waals surface area contributed by atoms with Crippen molar-refractivity contribution in [1.29, 1.82) is 0 Å². The van der Waals surface area contributed by atoms with E-state index in [0.29, 0.717) is 59.5 Å². The number of aliphatic hydroxyl groups is 1. The van der Waals surface area contributed by atoms with Crippen molar-refractivity contribution in [3.8, 4) is 22.6 Å². The molecule has 7 nitrogen and oxygen atoms in total. The molecule has 9 heteroatoms. The first kappa shape index (κ1) is 22.9. The third kappa shape index (κ3) is 4.74. The molecule has 0 spiro atoms. The predicted molar refractivity (Wildman–Crippen MR) is 116 cm³/mol. The Bertz CT molecular complexity index is 1130. The van der Waals surface area contributed by atoms with Crippen LogP contribution >= 0.6 is 0 Å². The monoisotopic (exact) mass is 457 g/mol. The lowest BCUT2D eigenvalue weighted by Gasteiger charge is -2.32. The van der Waals surface area contributed by atoms with Crippen LogP contribution in [0.5, 0.6) is 0 Å². The highest BCUT2D eigenvalue weighted by Gasteiger charge is 2.30. The van der Waals surface area contributed by atoms with Crippen molar-refractivity contribution in [3.05, 3.63) is 65.6 Å². The normalized spacial score (nSPS) is 14.5. The van der Waals surface area contributed by atoms with Gasteiger partial charge in [-0.1, -0.05) is 24.3 Å². The summed E-state index contributed by atoms with van der Waals surface area (Å²) >= 11 is 0. The average Bonchev–Trinajstić information content (AvgIpc) is 3.30. The number of oxazole rings is 1. The van der Waals surface area contributed by atoms with Gasteiger partial charge in [0.15, 0.2) is 23.3 Å². The molecule has 0 radical (unpaired) electrons. The van der Waals surface area contributed by atoms with Crippen LogP contribution in [-0.2, 0) is 6.61 Å². The molecule has 174 valence electrons. The molecule has 1 aliphatic rings. The van der Waals surface area contributed by atoms with Gasteiger partial charge in [0, 0.05) is 36.7 Å². The van der Waals surface area contributed by atoms with E-state index in [1.165, 1.54) is 6.07 Å². The second-order valence-corrected chi connectivity index (χ2v) is 7.97. The Morgan fingerprint density at radius 1 is 1.12 bits per heavy atom. The lowest BCUT2D eigenvalue weighted by Crippen LogP contribution is -2.45. The van der Waals surface area contributed by atoms with E-state index < -0.39 is 17.7 Å². The van der Waals surface area contributed by atoms with Crippen LogP contribution in [0.15, 0.2) is 46.9 Å². The van der Waals surface area contributed by atoms with Crippen molar-refractivity contribution >= 4 is 6.03 Å². The highest BCUT2D eigenvalue weighted by Crippen LogP contribution is 2.38. The maximum absolute atomic E-state index is 13.9. The van der Waals surface area contributed by atoms with Gasteiger partial charge in [-0.15, -0.1) is 0 Å². The lowest BCUT2D eigenvalue weighted by atomic mass is 9.97.